The van der Waals surface area contributed by atoms with E-state index in [1.165, 1.54) is 19.1 Å². The normalized spacial score (nSPS) is 21.2. The van der Waals surface area contributed by atoms with Crippen LogP contribution in [0.15, 0.2) is 34.0 Å². The fraction of sp³-hybridized carbons (Fsp3) is 0.357. The Morgan fingerprint density at radius 1 is 1.19 bits per heavy atom. The topological polar surface area (TPSA) is 74.8 Å². The van der Waals surface area contributed by atoms with E-state index in [9.17, 15) is 31.4 Å². The van der Waals surface area contributed by atoms with Gasteiger partial charge >= 0.3 is 12.4 Å². The maximum atomic E-state index is 13.3. The van der Waals surface area contributed by atoms with Crippen molar-refractivity contribution in [1.82, 2.24) is 9.97 Å². The molecule has 140 valence electrons. The second kappa shape index (κ2) is 5.69. The van der Waals surface area contributed by atoms with E-state index in [0.29, 0.717) is 6.07 Å². The van der Waals surface area contributed by atoms with Crippen LogP contribution in [0.5, 0.6) is 0 Å². The molecule has 0 spiro atoms. The molecule has 6 nitrogen and oxygen atoms in total. The number of alkyl halides is 6. The number of nitrogens with zero attached hydrogens (tertiary/aromatic N) is 4. The van der Waals surface area contributed by atoms with Crippen molar-refractivity contribution in [2.45, 2.75) is 31.4 Å². The molecule has 26 heavy (non-hydrogen) atoms. The van der Waals surface area contributed by atoms with Crippen molar-refractivity contribution in [2.75, 3.05) is 5.01 Å². The zero-order valence-electron chi connectivity index (χ0n) is 12.9. The van der Waals surface area contributed by atoms with E-state index >= 15 is 0 Å². The van der Waals surface area contributed by atoms with Crippen LogP contribution in [0.4, 0.5) is 32.3 Å². The largest absolute Gasteiger partial charge is 0.463 e. The third-order valence-electron chi connectivity index (χ3n) is 3.55. The van der Waals surface area contributed by atoms with Crippen LogP contribution in [0, 0.1) is 0 Å². The quantitative estimate of drug-likeness (QED) is 0.806. The van der Waals surface area contributed by atoms with Gasteiger partial charge in [-0.05, 0) is 25.1 Å². The van der Waals surface area contributed by atoms with Gasteiger partial charge in [-0.3, -0.25) is 0 Å². The molecular formula is C14H10F6N4O2. The van der Waals surface area contributed by atoms with E-state index in [4.69, 9.17) is 4.42 Å². The Morgan fingerprint density at radius 3 is 2.42 bits per heavy atom. The third kappa shape index (κ3) is 3.00. The summed E-state index contributed by atoms with van der Waals surface area (Å²) >= 11 is 0. The molecule has 0 saturated carbocycles. The molecule has 1 N–H and O–H groups in total. The Morgan fingerprint density at radius 2 is 1.88 bits per heavy atom. The summed E-state index contributed by atoms with van der Waals surface area (Å²) in [5.41, 5.74) is -5.61. The minimum absolute atomic E-state index is 0.0516. The highest BCUT2D eigenvalue weighted by atomic mass is 19.4. The number of anilines is 1. The summed E-state index contributed by atoms with van der Waals surface area (Å²) in [5.74, 6) is -1.17. The van der Waals surface area contributed by atoms with E-state index < -0.39 is 41.8 Å². The van der Waals surface area contributed by atoms with Gasteiger partial charge in [0.2, 0.25) is 5.95 Å². The maximum Gasteiger partial charge on any atom is 0.438 e. The third-order valence-corrected chi connectivity index (χ3v) is 3.55. The Labute approximate surface area is 141 Å². The lowest BCUT2D eigenvalue weighted by Crippen LogP contribution is -2.55. The van der Waals surface area contributed by atoms with Crippen LogP contribution in [0.1, 0.15) is 19.0 Å². The van der Waals surface area contributed by atoms with E-state index in [2.05, 4.69) is 15.1 Å². The van der Waals surface area contributed by atoms with Crippen LogP contribution >= 0.6 is 0 Å². The summed E-state index contributed by atoms with van der Waals surface area (Å²) in [5, 5.41) is 13.5. The molecule has 0 bridgehead atoms. The SMILES string of the molecule is CC1=NN(c2nc(-c3ccco3)cc(C(F)(F)F)n2)[C@@](O)(C(F)(F)F)C1. The van der Waals surface area contributed by atoms with Crippen LogP contribution in [-0.4, -0.2) is 32.7 Å². The second-order valence-electron chi connectivity index (χ2n) is 5.55. The van der Waals surface area contributed by atoms with Gasteiger partial charge in [-0.25, -0.2) is 9.97 Å². The summed E-state index contributed by atoms with van der Waals surface area (Å²) < 4.78 is 84.2. The molecular weight excluding hydrogens is 370 g/mol. The van der Waals surface area contributed by atoms with Crippen molar-refractivity contribution in [3.05, 3.63) is 30.2 Å². The first-order valence-electron chi connectivity index (χ1n) is 7.05. The lowest BCUT2D eigenvalue weighted by Gasteiger charge is -2.32. The molecule has 0 aliphatic carbocycles. The molecule has 3 rings (SSSR count). The molecule has 0 radical (unpaired) electrons. The number of rotatable bonds is 2. The van der Waals surface area contributed by atoms with Gasteiger partial charge in [0.1, 0.15) is 5.69 Å². The van der Waals surface area contributed by atoms with E-state index in [0.717, 1.165) is 6.26 Å². The first kappa shape index (κ1) is 18.2. The molecule has 0 amide bonds. The molecule has 1 atom stereocenters. The summed E-state index contributed by atoms with van der Waals surface area (Å²) in [7, 11) is 0. The van der Waals surface area contributed by atoms with Gasteiger partial charge in [0.05, 0.1) is 6.26 Å². The number of halogens is 6. The lowest BCUT2D eigenvalue weighted by molar-refractivity contribution is -0.254. The fourth-order valence-corrected chi connectivity index (χ4v) is 2.38. The zero-order valence-corrected chi connectivity index (χ0v) is 12.9. The van der Waals surface area contributed by atoms with Gasteiger partial charge in [-0.1, -0.05) is 0 Å². The van der Waals surface area contributed by atoms with Gasteiger partial charge in [0, 0.05) is 12.1 Å². The monoisotopic (exact) mass is 380 g/mol. The fourth-order valence-electron chi connectivity index (χ4n) is 2.38. The molecule has 2 aromatic heterocycles. The minimum atomic E-state index is -5.21. The van der Waals surface area contributed by atoms with Gasteiger partial charge in [-0.15, -0.1) is 0 Å². The van der Waals surface area contributed by atoms with Gasteiger partial charge in [0.15, 0.2) is 11.5 Å². The highest BCUT2D eigenvalue weighted by Crippen LogP contribution is 2.42. The van der Waals surface area contributed by atoms with Gasteiger partial charge in [-0.2, -0.15) is 36.5 Å². The number of hydrogen-bond donors (Lipinski definition) is 1. The Balaban J connectivity index is 2.19. The maximum absolute atomic E-state index is 13.3. The number of aliphatic hydroxyl groups is 1. The number of hydrazone groups is 1. The van der Waals surface area contributed by atoms with Crippen LogP contribution < -0.4 is 5.01 Å². The smallest absolute Gasteiger partial charge is 0.438 e. The van der Waals surface area contributed by atoms with Crippen LogP contribution in [0.25, 0.3) is 11.5 Å². The average Bonchev–Trinajstić information content (AvgIpc) is 3.13. The van der Waals surface area contributed by atoms with Crippen LogP contribution in [0.2, 0.25) is 0 Å². The highest BCUT2D eigenvalue weighted by molar-refractivity contribution is 5.87. The molecule has 12 heteroatoms. The Hall–Kier alpha value is -2.63. The van der Waals surface area contributed by atoms with Crippen molar-refractivity contribution in [1.29, 1.82) is 0 Å². The van der Waals surface area contributed by atoms with E-state index in [-0.39, 0.29) is 16.5 Å². The van der Waals surface area contributed by atoms with Crippen molar-refractivity contribution in [3.63, 3.8) is 0 Å². The van der Waals surface area contributed by atoms with Crippen molar-refractivity contribution < 1.29 is 35.9 Å². The van der Waals surface area contributed by atoms with Crippen molar-refractivity contribution in [2.24, 2.45) is 5.10 Å². The molecule has 3 heterocycles. The molecule has 2 aromatic rings. The minimum Gasteiger partial charge on any atom is -0.463 e. The highest BCUT2D eigenvalue weighted by Gasteiger charge is 2.62. The van der Waals surface area contributed by atoms with Crippen molar-refractivity contribution >= 4 is 11.7 Å². The molecule has 0 aromatic carbocycles. The first-order chi connectivity index (χ1) is 11.9. The van der Waals surface area contributed by atoms with E-state index in [1.54, 1.807) is 0 Å². The molecule has 1 aliphatic rings. The zero-order chi connectivity index (χ0) is 19.3. The summed E-state index contributed by atoms with van der Waals surface area (Å²) in [6.07, 6.45) is -9.97. The van der Waals surface area contributed by atoms with Gasteiger partial charge in [0.25, 0.3) is 5.72 Å². The molecule has 0 fully saturated rings. The number of hydrogen-bond acceptors (Lipinski definition) is 6. The van der Waals surface area contributed by atoms with E-state index in [1.807, 2.05) is 0 Å². The Kier molecular flexibility index (Phi) is 3.98. The Bertz CT molecular complexity index is 846. The number of aromatic nitrogens is 2. The summed E-state index contributed by atoms with van der Waals surface area (Å²) in [6.45, 7) is 1.19. The predicted molar refractivity (Wildman–Crippen MR) is 75.9 cm³/mol. The summed E-state index contributed by atoms with van der Waals surface area (Å²) in [6, 6.07) is 3.18. The summed E-state index contributed by atoms with van der Waals surface area (Å²) in [4.78, 5) is 6.79. The van der Waals surface area contributed by atoms with Gasteiger partial charge < -0.3 is 9.52 Å². The van der Waals surface area contributed by atoms with Crippen LogP contribution in [-0.2, 0) is 6.18 Å². The first-order valence-corrected chi connectivity index (χ1v) is 7.05. The van der Waals surface area contributed by atoms with Crippen molar-refractivity contribution in [3.8, 4) is 11.5 Å². The second-order valence-corrected chi connectivity index (χ2v) is 5.55. The molecule has 0 unspecified atom stereocenters. The predicted octanol–water partition coefficient (Wildman–Crippen LogP) is 3.59. The van der Waals surface area contributed by atoms with Crippen LogP contribution in [0.3, 0.4) is 0 Å². The average molecular weight is 380 g/mol. The number of furan rings is 1. The standard InChI is InChI=1S/C14H10F6N4O2/c1-7-6-12(25,14(18,19)20)24(23-7)11-21-8(9-3-2-4-26-9)5-10(22-11)13(15,16)17/h2-5,25H,6H2,1H3/t12-/m0/s1. The molecule has 0 saturated heterocycles. The lowest BCUT2D eigenvalue weighted by atomic mass is 10.1. The molecule has 1 aliphatic heterocycles.